The summed E-state index contributed by atoms with van der Waals surface area (Å²) in [5, 5.41) is 0. The minimum Gasteiger partial charge on any atom is -0.371 e. The highest BCUT2D eigenvalue weighted by Crippen LogP contribution is 2.43. The van der Waals surface area contributed by atoms with Gasteiger partial charge in [-0.3, -0.25) is 0 Å². The molecule has 0 N–H and O–H groups in total. The van der Waals surface area contributed by atoms with Gasteiger partial charge >= 0.3 is 0 Å². The molecule has 3 aliphatic rings. The van der Waals surface area contributed by atoms with Gasteiger partial charge in [0, 0.05) is 0 Å². The van der Waals surface area contributed by atoms with E-state index in [4.69, 9.17) is 4.74 Å². The summed E-state index contributed by atoms with van der Waals surface area (Å²) in [7, 11) is 0. The molecule has 1 heteroatoms. The van der Waals surface area contributed by atoms with Crippen molar-refractivity contribution in [2.45, 2.75) is 129 Å². The topological polar surface area (TPSA) is 9.23 Å². The standard InChI is InChI=1S/C26H40O.C3H8/c1-20(27-26-18-10-16-21-15-8-9-17-24(21)26)19-25(22-11-4-2-5-12-22)23-13-6-3-7-14-23;1-3-2/h8-9,15,17,20,22-23,25-26H,2-7,10-14,16,18-19H2,1H3;3H2,1-2H3. The van der Waals surface area contributed by atoms with E-state index in [-0.39, 0.29) is 0 Å². The van der Waals surface area contributed by atoms with Crippen LogP contribution in [0, 0.1) is 17.8 Å². The number of hydrogen-bond acceptors (Lipinski definition) is 1. The molecule has 0 heterocycles. The van der Waals surface area contributed by atoms with Crippen LogP contribution in [0.25, 0.3) is 0 Å². The van der Waals surface area contributed by atoms with E-state index in [1.165, 1.54) is 107 Å². The Morgan fingerprint density at radius 2 is 1.37 bits per heavy atom. The second kappa shape index (κ2) is 12.9. The zero-order chi connectivity index (χ0) is 21.2. The van der Waals surface area contributed by atoms with Crippen LogP contribution >= 0.6 is 0 Å². The largest absolute Gasteiger partial charge is 0.371 e. The molecule has 4 rings (SSSR count). The molecule has 0 bridgehead atoms. The minimum atomic E-state index is 0.336. The van der Waals surface area contributed by atoms with Crippen LogP contribution in [0.4, 0.5) is 0 Å². The average Bonchev–Trinajstić information content (AvgIpc) is 2.79. The van der Waals surface area contributed by atoms with Crippen LogP contribution < -0.4 is 0 Å². The number of benzene rings is 1. The van der Waals surface area contributed by atoms with Gasteiger partial charge in [0.2, 0.25) is 0 Å². The first-order valence-electron chi connectivity index (χ1n) is 13.5. The van der Waals surface area contributed by atoms with Crippen LogP contribution in [0.5, 0.6) is 0 Å². The number of hydrogen-bond donors (Lipinski definition) is 0. The molecule has 2 atom stereocenters. The van der Waals surface area contributed by atoms with E-state index in [2.05, 4.69) is 45.0 Å². The summed E-state index contributed by atoms with van der Waals surface area (Å²) in [6.07, 6.45) is 21.8. The Morgan fingerprint density at radius 3 is 1.97 bits per heavy atom. The van der Waals surface area contributed by atoms with Crippen LogP contribution in [-0.4, -0.2) is 6.10 Å². The Morgan fingerprint density at radius 1 is 0.800 bits per heavy atom. The number of aryl methyl sites for hydroxylation is 1. The van der Waals surface area contributed by atoms with Crippen molar-refractivity contribution in [2.24, 2.45) is 17.8 Å². The summed E-state index contributed by atoms with van der Waals surface area (Å²) in [6, 6.07) is 9.00. The third-order valence-electron chi connectivity index (χ3n) is 7.83. The number of rotatable bonds is 6. The molecule has 2 fully saturated rings. The van der Waals surface area contributed by atoms with Gasteiger partial charge in [-0.1, -0.05) is 109 Å². The lowest BCUT2D eigenvalue weighted by Gasteiger charge is -2.40. The predicted molar refractivity (Wildman–Crippen MR) is 130 cm³/mol. The van der Waals surface area contributed by atoms with E-state index >= 15 is 0 Å². The highest BCUT2D eigenvalue weighted by molar-refractivity contribution is 5.31. The fourth-order valence-corrected chi connectivity index (χ4v) is 6.46. The van der Waals surface area contributed by atoms with Crippen LogP contribution in [0.15, 0.2) is 24.3 Å². The predicted octanol–water partition coefficient (Wildman–Crippen LogP) is 9.05. The van der Waals surface area contributed by atoms with Crippen molar-refractivity contribution in [3.63, 3.8) is 0 Å². The van der Waals surface area contributed by atoms with Gasteiger partial charge in [0.25, 0.3) is 0 Å². The summed E-state index contributed by atoms with van der Waals surface area (Å²) in [5.74, 6) is 2.87. The van der Waals surface area contributed by atoms with Crippen molar-refractivity contribution in [1.82, 2.24) is 0 Å². The molecule has 170 valence electrons. The molecule has 3 aliphatic carbocycles. The smallest absolute Gasteiger partial charge is 0.0831 e. The van der Waals surface area contributed by atoms with Crippen LogP contribution in [-0.2, 0) is 11.2 Å². The third-order valence-corrected chi connectivity index (χ3v) is 7.83. The number of fused-ring (bicyclic) bond motifs is 1. The second-order valence-electron chi connectivity index (χ2n) is 10.4. The quantitative estimate of drug-likeness (QED) is 0.452. The molecule has 30 heavy (non-hydrogen) atoms. The molecule has 0 spiro atoms. The Kier molecular flexibility index (Phi) is 10.2. The summed E-state index contributed by atoms with van der Waals surface area (Å²) >= 11 is 0. The van der Waals surface area contributed by atoms with Gasteiger partial charge in [0.05, 0.1) is 12.2 Å². The highest BCUT2D eigenvalue weighted by atomic mass is 16.5. The maximum atomic E-state index is 6.73. The van der Waals surface area contributed by atoms with Crippen molar-refractivity contribution in [3.05, 3.63) is 35.4 Å². The Hall–Kier alpha value is -0.820. The van der Waals surface area contributed by atoms with Gasteiger partial charge in [0.15, 0.2) is 0 Å². The Bertz CT molecular complexity index is 564. The van der Waals surface area contributed by atoms with Crippen LogP contribution in [0.3, 0.4) is 0 Å². The van der Waals surface area contributed by atoms with E-state index in [1.54, 1.807) is 0 Å². The molecule has 2 saturated carbocycles. The summed E-state index contributed by atoms with van der Waals surface area (Å²) in [6.45, 7) is 6.62. The average molecular weight is 413 g/mol. The van der Waals surface area contributed by atoms with Crippen molar-refractivity contribution >= 4 is 0 Å². The summed E-state index contributed by atoms with van der Waals surface area (Å²) in [5.41, 5.74) is 3.00. The zero-order valence-electron chi connectivity index (χ0n) is 20.2. The fraction of sp³-hybridized carbons (Fsp3) is 0.793. The lowest BCUT2D eigenvalue weighted by Crippen LogP contribution is -2.31. The lowest BCUT2D eigenvalue weighted by atomic mass is 9.68. The van der Waals surface area contributed by atoms with Crippen LogP contribution in [0.2, 0.25) is 0 Å². The zero-order valence-corrected chi connectivity index (χ0v) is 20.2. The van der Waals surface area contributed by atoms with E-state index in [0.717, 1.165) is 17.8 Å². The maximum absolute atomic E-state index is 6.73. The van der Waals surface area contributed by atoms with Gasteiger partial charge in [0.1, 0.15) is 0 Å². The molecule has 0 radical (unpaired) electrons. The van der Waals surface area contributed by atoms with Gasteiger partial charge in [-0.2, -0.15) is 0 Å². The molecular formula is C29H48O. The van der Waals surface area contributed by atoms with E-state index in [1.807, 2.05) is 0 Å². The van der Waals surface area contributed by atoms with Crippen LogP contribution in [0.1, 0.15) is 128 Å². The van der Waals surface area contributed by atoms with E-state index in [9.17, 15) is 0 Å². The van der Waals surface area contributed by atoms with Gasteiger partial charge in [-0.05, 0) is 61.5 Å². The Balaban J connectivity index is 0.000000806. The summed E-state index contributed by atoms with van der Waals surface area (Å²) in [4.78, 5) is 0. The molecule has 0 amide bonds. The minimum absolute atomic E-state index is 0.336. The molecule has 1 aromatic carbocycles. The first-order chi connectivity index (χ1) is 14.7. The molecule has 0 aliphatic heterocycles. The van der Waals surface area contributed by atoms with Gasteiger partial charge in [-0.15, -0.1) is 0 Å². The first-order valence-corrected chi connectivity index (χ1v) is 13.5. The van der Waals surface area contributed by atoms with E-state index < -0.39 is 0 Å². The van der Waals surface area contributed by atoms with Gasteiger partial charge < -0.3 is 4.74 Å². The molecule has 0 saturated heterocycles. The van der Waals surface area contributed by atoms with Gasteiger partial charge in [-0.25, -0.2) is 0 Å². The summed E-state index contributed by atoms with van der Waals surface area (Å²) < 4.78 is 6.73. The highest BCUT2D eigenvalue weighted by Gasteiger charge is 2.33. The molecule has 0 aromatic heterocycles. The normalized spacial score (nSPS) is 24.1. The second-order valence-corrected chi connectivity index (χ2v) is 10.4. The fourth-order valence-electron chi connectivity index (χ4n) is 6.46. The molecule has 2 unspecified atom stereocenters. The molecule has 1 aromatic rings. The monoisotopic (exact) mass is 412 g/mol. The van der Waals surface area contributed by atoms with Crippen molar-refractivity contribution in [1.29, 1.82) is 0 Å². The Labute approximate surface area is 187 Å². The lowest BCUT2D eigenvalue weighted by molar-refractivity contribution is -0.0375. The SMILES string of the molecule is CC(CC(C1CCCCC1)C1CCCCC1)OC1CCCc2ccccc21.CCC. The maximum Gasteiger partial charge on any atom is 0.0831 e. The molecule has 1 nitrogen and oxygen atoms in total. The van der Waals surface area contributed by atoms with Crippen molar-refractivity contribution in [3.8, 4) is 0 Å². The van der Waals surface area contributed by atoms with Crippen molar-refractivity contribution in [2.75, 3.05) is 0 Å². The van der Waals surface area contributed by atoms with Crippen molar-refractivity contribution < 1.29 is 4.74 Å². The third kappa shape index (κ3) is 6.84. The molecular weight excluding hydrogens is 364 g/mol. The number of ether oxygens (including phenoxy) is 1. The first kappa shape index (κ1) is 23.8. The van der Waals surface area contributed by atoms with E-state index in [0.29, 0.717) is 12.2 Å².